The molecule has 0 fully saturated rings. The van der Waals surface area contributed by atoms with Gasteiger partial charge in [-0.25, -0.2) is 4.39 Å². The van der Waals surface area contributed by atoms with Crippen molar-refractivity contribution in [2.45, 2.75) is 13.8 Å². The molecule has 0 spiro atoms. The second-order valence-corrected chi connectivity index (χ2v) is 4.13. The zero-order valence-electron chi connectivity index (χ0n) is 9.83. The molecule has 86 valence electrons. The summed E-state index contributed by atoms with van der Waals surface area (Å²) < 4.78 is 13.7. The van der Waals surface area contributed by atoms with Gasteiger partial charge in [0.25, 0.3) is 0 Å². The van der Waals surface area contributed by atoms with Crippen molar-refractivity contribution in [1.82, 2.24) is 0 Å². The molecule has 2 rings (SSSR count). The van der Waals surface area contributed by atoms with E-state index in [-0.39, 0.29) is 11.3 Å². The summed E-state index contributed by atoms with van der Waals surface area (Å²) >= 11 is 0. The van der Waals surface area contributed by atoms with Crippen molar-refractivity contribution in [3.05, 3.63) is 70.5 Å². The van der Waals surface area contributed by atoms with Gasteiger partial charge in [0.05, 0.1) is 5.56 Å². The minimum atomic E-state index is -0.460. The first-order chi connectivity index (χ1) is 8.09. The normalized spacial score (nSPS) is 10.3. The highest BCUT2D eigenvalue weighted by molar-refractivity contribution is 6.10. The van der Waals surface area contributed by atoms with Crippen LogP contribution in [0.2, 0.25) is 0 Å². The van der Waals surface area contributed by atoms with Crippen molar-refractivity contribution < 1.29 is 9.18 Å². The van der Waals surface area contributed by atoms with Crippen LogP contribution in [0.3, 0.4) is 0 Å². The van der Waals surface area contributed by atoms with Gasteiger partial charge in [0, 0.05) is 5.56 Å². The molecule has 0 aliphatic carbocycles. The maximum atomic E-state index is 13.7. The maximum absolute atomic E-state index is 13.7. The maximum Gasteiger partial charge on any atom is 0.196 e. The largest absolute Gasteiger partial charge is 0.288 e. The topological polar surface area (TPSA) is 17.1 Å². The first-order valence-electron chi connectivity index (χ1n) is 5.46. The Morgan fingerprint density at radius 2 is 1.71 bits per heavy atom. The molecule has 0 N–H and O–H groups in total. The molecule has 1 nitrogen and oxygen atoms in total. The molecule has 0 aromatic heterocycles. The van der Waals surface area contributed by atoms with E-state index >= 15 is 0 Å². The Labute approximate surface area is 99.9 Å². The lowest BCUT2D eigenvalue weighted by Crippen LogP contribution is -2.06. The van der Waals surface area contributed by atoms with Crippen LogP contribution in [0.4, 0.5) is 4.39 Å². The van der Waals surface area contributed by atoms with Gasteiger partial charge in [-0.15, -0.1) is 0 Å². The highest BCUT2D eigenvalue weighted by atomic mass is 19.1. The molecule has 0 saturated carbocycles. The zero-order chi connectivity index (χ0) is 12.4. The van der Waals surface area contributed by atoms with E-state index in [1.54, 1.807) is 31.2 Å². The Kier molecular flexibility index (Phi) is 3.05. The van der Waals surface area contributed by atoms with Crippen LogP contribution >= 0.6 is 0 Å². The van der Waals surface area contributed by atoms with Crippen molar-refractivity contribution in [3.63, 3.8) is 0 Å². The molecular formula is C15H13FO. The number of hydrogen-bond acceptors (Lipinski definition) is 1. The van der Waals surface area contributed by atoms with Crippen LogP contribution in [0, 0.1) is 19.7 Å². The summed E-state index contributed by atoms with van der Waals surface area (Å²) in [7, 11) is 0. The Hall–Kier alpha value is -1.96. The van der Waals surface area contributed by atoms with Crippen molar-refractivity contribution in [3.8, 4) is 0 Å². The van der Waals surface area contributed by atoms with Crippen molar-refractivity contribution in [1.29, 1.82) is 0 Å². The first-order valence-corrected chi connectivity index (χ1v) is 5.46. The van der Waals surface area contributed by atoms with E-state index in [9.17, 15) is 9.18 Å². The number of halogens is 1. The van der Waals surface area contributed by atoms with Crippen LogP contribution in [0.5, 0.6) is 0 Å². The van der Waals surface area contributed by atoms with Gasteiger partial charge in [0.2, 0.25) is 0 Å². The molecule has 0 radical (unpaired) electrons. The molecule has 0 saturated heterocycles. The molecule has 0 heterocycles. The smallest absolute Gasteiger partial charge is 0.196 e. The molecule has 0 aliphatic heterocycles. The van der Waals surface area contributed by atoms with E-state index in [4.69, 9.17) is 0 Å². The molecule has 0 unspecified atom stereocenters. The van der Waals surface area contributed by atoms with Crippen LogP contribution in [-0.2, 0) is 0 Å². The number of hydrogen-bond donors (Lipinski definition) is 0. The number of rotatable bonds is 2. The second kappa shape index (κ2) is 4.50. The minimum Gasteiger partial charge on any atom is -0.288 e. The van der Waals surface area contributed by atoms with Gasteiger partial charge in [-0.2, -0.15) is 0 Å². The fourth-order valence-electron chi connectivity index (χ4n) is 1.78. The van der Waals surface area contributed by atoms with Gasteiger partial charge < -0.3 is 0 Å². The van der Waals surface area contributed by atoms with Gasteiger partial charge in [-0.1, -0.05) is 30.3 Å². The number of benzene rings is 2. The van der Waals surface area contributed by atoms with E-state index in [1.165, 1.54) is 6.07 Å². The predicted molar refractivity (Wildman–Crippen MR) is 65.7 cm³/mol. The van der Waals surface area contributed by atoms with Crippen LogP contribution in [0.25, 0.3) is 0 Å². The molecule has 0 atom stereocenters. The molecule has 0 aliphatic rings. The van der Waals surface area contributed by atoms with Gasteiger partial charge in [0.15, 0.2) is 5.78 Å². The summed E-state index contributed by atoms with van der Waals surface area (Å²) in [5.74, 6) is -0.723. The predicted octanol–water partition coefficient (Wildman–Crippen LogP) is 3.67. The van der Waals surface area contributed by atoms with Gasteiger partial charge in [-0.3, -0.25) is 4.79 Å². The SMILES string of the molecule is Cc1ccc(C(=O)c2ccccc2C)c(F)c1. The van der Waals surface area contributed by atoms with Gasteiger partial charge in [0.1, 0.15) is 5.82 Å². The molecule has 2 aromatic carbocycles. The number of carbonyl (C=O) groups excluding carboxylic acids is 1. The third kappa shape index (κ3) is 2.26. The highest BCUT2D eigenvalue weighted by Gasteiger charge is 2.15. The van der Waals surface area contributed by atoms with E-state index < -0.39 is 5.82 Å². The lowest BCUT2D eigenvalue weighted by molar-refractivity contribution is 0.103. The zero-order valence-corrected chi connectivity index (χ0v) is 9.83. The number of ketones is 1. The third-order valence-electron chi connectivity index (χ3n) is 2.76. The van der Waals surface area contributed by atoms with E-state index in [1.807, 2.05) is 19.1 Å². The van der Waals surface area contributed by atoms with Gasteiger partial charge in [-0.05, 0) is 37.1 Å². The van der Waals surface area contributed by atoms with Crippen molar-refractivity contribution >= 4 is 5.78 Å². The molecule has 0 amide bonds. The van der Waals surface area contributed by atoms with E-state index in [0.717, 1.165) is 11.1 Å². The summed E-state index contributed by atoms with van der Waals surface area (Å²) in [6.07, 6.45) is 0. The summed E-state index contributed by atoms with van der Waals surface area (Å²) in [4.78, 5) is 12.2. The van der Waals surface area contributed by atoms with Crippen LogP contribution in [-0.4, -0.2) is 5.78 Å². The molecule has 2 heteroatoms. The lowest BCUT2D eigenvalue weighted by atomic mass is 9.98. The Balaban J connectivity index is 2.48. The summed E-state index contributed by atoms with van der Waals surface area (Å²) in [5.41, 5.74) is 2.35. The fraction of sp³-hybridized carbons (Fsp3) is 0.133. The second-order valence-electron chi connectivity index (χ2n) is 4.13. The molecule has 0 bridgehead atoms. The van der Waals surface area contributed by atoms with Crippen LogP contribution in [0.15, 0.2) is 42.5 Å². The van der Waals surface area contributed by atoms with Crippen LogP contribution in [0.1, 0.15) is 27.0 Å². The van der Waals surface area contributed by atoms with Gasteiger partial charge >= 0.3 is 0 Å². The van der Waals surface area contributed by atoms with E-state index in [0.29, 0.717) is 5.56 Å². The summed E-state index contributed by atoms with van der Waals surface area (Å²) in [6, 6.07) is 11.9. The minimum absolute atomic E-state index is 0.130. The molecular weight excluding hydrogens is 215 g/mol. The highest BCUT2D eigenvalue weighted by Crippen LogP contribution is 2.17. The number of aryl methyl sites for hydroxylation is 2. The number of carbonyl (C=O) groups is 1. The monoisotopic (exact) mass is 228 g/mol. The Morgan fingerprint density at radius 3 is 2.35 bits per heavy atom. The quantitative estimate of drug-likeness (QED) is 0.717. The Morgan fingerprint density at radius 1 is 1.00 bits per heavy atom. The molecule has 17 heavy (non-hydrogen) atoms. The summed E-state index contributed by atoms with van der Waals surface area (Å²) in [6.45, 7) is 3.64. The van der Waals surface area contributed by atoms with Crippen molar-refractivity contribution in [2.24, 2.45) is 0 Å². The lowest BCUT2D eigenvalue weighted by Gasteiger charge is -2.06. The average molecular weight is 228 g/mol. The fourth-order valence-corrected chi connectivity index (χ4v) is 1.78. The Bertz CT molecular complexity index is 573. The van der Waals surface area contributed by atoms with Crippen LogP contribution < -0.4 is 0 Å². The standard InChI is InChI=1S/C15H13FO/c1-10-7-8-13(14(16)9-10)15(17)12-6-4-3-5-11(12)2/h3-9H,1-2H3. The molecule has 2 aromatic rings. The first kappa shape index (κ1) is 11.5. The van der Waals surface area contributed by atoms with E-state index in [2.05, 4.69) is 0 Å². The summed E-state index contributed by atoms with van der Waals surface area (Å²) in [5, 5.41) is 0. The third-order valence-corrected chi connectivity index (χ3v) is 2.76. The average Bonchev–Trinajstić information content (AvgIpc) is 2.29. The van der Waals surface area contributed by atoms with Crippen molar-refractivity contribution in [2.75, 3.05) is 0 Å².